The molecule has 0 unspecified atom stereocenters. The van der Waals surface area contributed by atoms with Gasteiger partial charge in [-0.05, 0) is 129 Å². The van der Waals surface area contributed by atoms with Crippen LogP contribution >= 0.6 is 17.1 Å². The molecule has 0 amide bonds. The first-order chi connectivity index (χ1) is 37.3. The van der Waals surface area contributed by atoms with E-state index in [1.54, 1.807) is 72.8 Å². The van der Waals surface area contributed by atoms with E-state index in [2.05, 4.69) is 0 Å². The van der Waals surface area contributed by atoms with Gasteiger partial charge >= 0.3 is 17.1 Å². The van der Waals surface area contributed by atoms with Gasteiger partial charge in [-0.2, -0.15) is 4.08 Å². The second kappa shape index (κ2) is 20.2. The molecule has 0 aliphatic carbocycles. The average molecular weight is 1140 g/mol. The molecule has 0 atom stereocenters. The van der Waals surface area contributed by atoms with Crippen LogP contribution in [-0.4, -0.2) is 43.3 Å². The minimum absolute atomic E-state index is 0.0484. The van der Waals surface area contributed by atoms with Crippen LogP contribution in [0, 0.1) is 13.8 Å². The Balaban J connectivity index is 1.11. The van der Waals surface area contributed by atoms with E-state index >= 15 is 16.8 Å². The van der Waals surface area contributed by atoms with Gasteiger partial charge in [0, 0.05) is 47.9 Å². The lowest BCUT2D eigenvalue weighted by atomic mass is 10.0. The molecular formula is C61H64N2O12P2S2. The van der Waals surface area contributed by atoms with Gasteiger partial charge in [0.15, 0.2) is 46.0 Å². The summed E-state index contributed by atoms with van der Waals surface area (Å²) in [5.41, 5.74) is 3.09. The molecule has 4 heterocycles. The molecule has 0 spiro atoms. The van der Waals surface area contributed by atoms with Crippen molar-refractivity contribution < 1.29 is 53.9 Å². The number of sulfonamides is 2. The van der Waals surface area contributed by atoms with Gasteiger partial charge in [0.2, 0.25) is 0 Å². The van der Waals surface area contributed by atoms with Crippen LogP contribution in [0.3, 0.4) is 0 Å². The molecule has 412 valence electrons. The second-order valence-electron chi connectivity index (χ2n) is 23.0. The number of nitrogens with zero attached hydrogens (tertiary/aromatic N) is 2. The Labute approximate surface area is 466 Å². The Bertz CT molecular complexity index is 3580. The normalized spacial score (nSPS) is 16.9. The third-order valence-corrected chi connectivity index (χ3v) is 21.5. The SMILES string of the molecule is Cc1ccc(S(=O)(=O)N(Cc2ccccc2N(P(Oc2cccc3c2OC(C)(C)C3)Oc2cccc3c2OC(C)(C)C3)S(=O)(=O)c2ccc(C)cc2)P(Oc2cccc3c2OC(C)(C)C3)Oc2cccc3c2OC(C)(C)C3)cc1. The molecule has 7 aromatic carbocycles. The predicted octanol–water partition coefficient (Wildman–Crippen LogP) is 14.3. The zero-order valence-electron chi connectivity index (χ0n) is 45.9. The van der Waals surface area contributed by atoms with Gasteiger partial charge < -0.3 is 37.0 Å². The number of aryl methyl sites for hydroxylation is 2. The summed E-state index contributed by atoms with van der Waals surface area (Å²) in [4.78, 5) is -0.125. The summed E-state index contributed by atoms with van der Waals surface area (Å²) in [6.45, 7) is 19.1. The van der Waals surface area contributed by atoms with Gasteiger partial charge in [0.05, 0.1) is 22.0 Å². The Morgan fingerprint density at radius 1 is 0.418 bits per heavy atom. The zero-order valence-corrected chi connectivity index (χ0v) is 49.3. The Kier molecular flexibility index (Phi) is 13.9. The number of benzene rings is 7. The van der Waals surface area contributed by atoms with Gasteiger partial charge in [-0.25, -0.2) is 16.8 Å². The Morgan fingerprint density at radius 2 is 0.747 bits per heavy atom. The molecule has 0 N–H and O–H groups in total. The summed E-state index contributed by atoms with van der Waals surface area (Å²) < 4.78 is 121. The highest BCUT2D eigenvalue weighted by Gasteiger charge is 2.46. The molecular weight excluding hydrogens is 1080 g/mol. The van der Waals surface area contributed by atoms with Crippen LogP contribution in [0.15, 0.2) is 155 Å². The fourth-order valence-corrected chi connectivity index (χ4v) is 17.1. The van der Waals surface area contributed by atoms with E-state index < -0.39 is 66.0 Å². The molecule has 0 radical (unpaired) electrons. The third kappa shape index (κ3) is 11.1. The highest BCUT2D eigenvalue weighted by Crippen LogP contribution is 2.59. The van der Waals surface area contributed by atoms with Crippen molar-refractivity contribution in [1.29, 1.82) is 0 Å². The van der Waals surface area contributed by atoms with Crippen molar-refractivity contribution in [2.24, 2.45) is 0 Å². The smallest absolute Gasteiger partial charge is 0.432 e. The van der Waals surface area contributed by atoms with Crippen LogP contribution in [-0.2, 0) is 52.3 Å². The second-order valence-corrected chi connectivity index (χ2v) is 29.7. The monoisotopic (exact) mass is 1140 g/mol. The first-order valence-corrected chi connectivity index (χ1v) is 31.3. The summed E-state index contributed by atoms with van der Waals surface area (Å²) in [6.07, 6.45) is 2.31. The molecule has 4 aliphatic heterocycles. The molecule has 0 bridgehead atoms. The quantitative estimate of drug-likeness (QED) is 0.0799. The van der Waals surface area contributed by atoms with Gasteiger partial charge in [-0.15, -0.1) is 4.08 Å². The average Bonchev–Trinajstić information content (AvgIpc) is 4.23. The van der Waals surface area contributed by atoms with E-state index in [-0.39, 0.29) is 44.0 Å². The number of hydrogen-bond donors (Lipinski definition) is 0. The van der Waals surface area contributed by atoms with Crippen LogP contribution < -0.4 is 41.1 Å². The van der Waals surface area contributed by atoms with E-state index in [4.69, 9.17) is 37.0 Å². The fourth-order valence-electron chi connectivity index (χ4n) is 10.3. The lowest BCUT2D eigenvalue weighted by molar-refractivity contribution is 0.134. The highest BCUT2D eigenvalue weighted by molar-refractivity contribution is 7.99. The van der Waals surface area contributed by atoms with Crippen molar-refractivity contribution >= 4 is 42.8 Å². The molecule has 14 nitrogen and oxygen atoms in total. The maximum atomic E-state index is 16.1. The van der Waals surface area contributed by atoms with Crippen LogP contribution in [0.5, 0.6) is 46.0 Å². The maximum absolute atomic E-state index is 16.1. The van der Waals surface area contributed by atoms with Crippen molar-refractivity contribution in [3.05, 3.63) is 185 Å². The minimum Gasteiger partial charge on any atom is -0.483 e. The lowest BCUT2D eigenvalue weighted by Gasteiger charge is -2.34. The summed E-state index contributed by atoms with van der Waals surface area (Å²) >= 11 is 0. The summed E-state index contributed by atoms with van der Waals surface area (Å²) in [7, 11) is -15.0. The third-order valence-electron chi connectivity index (χ3n) is 13.9. The first-order valence-electron chi connectivity index (χ1n) is 26.2. The molecule has 79 heavy (non-hydrogen) atoms. The van der Waals surface area contributed by atoms with Crippen LogP contribution in [0.1, 0.15) is 94.3 Å². The summed E-state index contributed by atoms with van der Waals surface area (Å²) in [5.74, 6) is 2.85. The van der Waals surface area contributed by atoms with Gasteiger partial charge in [0.25, 0.3) is 20.0 Å². The van der Waals surface area contributed by atoms with Crippen molar-refractivity contribution in [2.45, 2.75) is 134 Å². The zero-order chi connectivity index (χ0) is 55.9. The van der Waals surface area contributed by atoms with Gasteiger partial charge in [-0.1, -0.05) is 102 Å². The molecule has 4 aliphatic rings. The van der Waals surface area contributed by atoms with E-state index in [1.807, 2.05) is 118 Å². The van der Waals surface area contributed by atoms with Crippen molar-refractivity contribution in [3.8, 4) is 46.0 Å². The first kappa shape index (κ1) is 54.4. The fraction of sp³-hybridized carbons (Fsp3) is 0.311. The molecule has 0 aromatic heterocycles. The van der Waals surface area contributed by atoms with Crippen molar-refractivity contribution in [3.63, 3.8) is 0 Å². The number of fused-ring (bicyclic) bond motifs is 4. The Morgan fingerprint density at radius 3 is 1.11 bits per heavy atom. The number of hydrogen-bond acceptors (Lipinski definition) is 12. The summed E-state index contributed by atoms with van der Waals surface area (Å²) in [5, 5.41) is 0. The van der Waals surface area contributed by atoms with Crippen molar-refractivity contribution in [2.75, 3.05) is 4.08 Å². The number of rotatable bonds is 17. The number of para-hydroxylation sites is 5. The van der Waals surface area contributed by atoms with Crippen LogP contribution in [0.25, 0.3) is 0 Å². The van der Waals surface area contributed by atoms with Gasteiger partial charge in [-0.3, -0.25) is 0 Å². The maximum Gasteiger partial charge on any atom is 0.432 e. The van der Waals surface area contributed by atoms with E-state index in [1.165, 1.54) is 24.3 Å². The molecule has 11 rings (SSSR count). The summed E-state index contributed by atoms with van der Waals surface area (Å²) in [6, 6.07) is 41.8. The number of ether oxygens (including phenoxy) is 4. The van der Waals surface area contributed by atoms with Gasteiger partial charge in [0.1, 0.15) is 22.4 Å². The molecule has 0 saturated carbocycles. The molecule has 7 aromatic rings. The molecule has 18 heteroatoms. The predicted molar refractivity (Wildman–Crippen MR) is 307 cm³/mol. The van der Waals surface area contributed by atoms with Crippen LogP contribution in [0.2, 0.25) is 0 Å². The number of anilines is 1. The van der Waals surface area contributed by atoms with E-state index in [0.29, 0.717) is 48.7 Å². The minimum atomic E-state index is -4.72. The van der Waals surface area contributed by atoms with E-state index in [0.717, 1.165) is 41.5 Å². The van der Waals surface area contributed by atoms with E-state index in [9.17, 15) is 0 Å². The molecule has 0 saturated heterocycles. The Hall–Kier alpha value is -6.54. The van der Waals surface area contributed by atoms with Crippen LogP contribution in [0.4, 0.5) is 5.69 Å². The highest BCUT2D eigenvalue weighted by atomic mass is 32.2. The molecule has 0 fully saturated rings. The largest absolute Gasteiger partial charge is 0.483 e. The topological polar surface area (TPSA) is 149 Å². The standard InChI is InChI=1S/C61H64N2O12P2S2/c1-40-27-31-47(32-28-40)78(64,65)62(76(72-50-23-13-18-42-35-58(3,4)68-54(42)50)73-51-24-14-19-43-36-59(5,6)69-55(43)51)39-46-17-11-12-22-49(46)63(79(66,67)48-33-29-41(2)30-34-48)77(74-52-25-15-20-44-37-60(7,8)70-56(44)52)75-53-26-16-21-45-38-61(9,10)71-57(45)53/h11-34H,35-39H2,1-10H3. The lowest BCUT2D eigenvalue weighted by Crippen LogP contribution is -2.33. The van der Waals surface area contributed by atoms with Crippen molar-refractivity contribution in [1.82, 2.24) is 4.08 Å².